The van der Waals surface area contributed by atoms with Gasteiger partial charge in [0.05, 0.1) is 11.8 Å². The molecule has 0 fully saturated rings. The van der Waals surface area contributed by atoms with Gasteiger partial charge in [0, 0.05) is 29.9 Å². The van der Waals surface area contributed by atoms with Crippen LogP contribution in [-0.4, -0.2) is 35.7 Å². The minimum atomic E-state index is -0.126. The Hall–Kier alpha value is -3.42. The van der Waals surface area contributed by atoms with Crippen molar-refractivity contribution in [3.05, 3.63) is 64.9 Å². The smallest absolute Gasteiger partial charge is 0.316 e. The molecule has 0 aliphatic heterocycles. The number of rotatable bonds is 6. The third-order valence-corrected chi connectivity index (χ3v) is 5.94. The molecule has 0 atom stereocenters. The van der Waals surface area contributed by atoms with E-state index in [-0.39, 0.29) is 11.9 Å². The molecule has 0 spiro atoms. The van der Waals surface area contributed by atoms with Crippen molar-refractivity contribution >= 4 is 5.65 Å². The van der Waals surface area contributed by atoms with Crippen LogP contribution in [0.25, 0.3) is 16.8 Å². The van der Waals surface area contributed by atoms with Crippen LogP contribution in [0.5, 0.6) is 6.01 Å². The monoisotopic (exact) mass is 432 g/mol. The predicted octanol–water partition coefficient (Wildman–Crippen LogP) is 4.09. The van der Waals surface area contributed by atoms with Gasteiger partial charge in [-0.25, -0.2) is 14.4 Å². The molecule has 0 saturated carbocycles. The summed E-state index contributed by atoms with van der Waals surface area (Å²) in [7, 11) is 0. The molecule has 7 nitrogen and oxygen atoms in total. The SMILES string of the molecule is Cc1nc(OC(C)C)ncc1-c1cnc(CCc2c(F)ccc3c2CCC3)n2cnnc12. The molecule has 0 amide bonds. The second kappa shape index (κ2) is 8.26. The van der Waals surface area contributed by atoms with Crippen LogP contribution in [0.15, 0.2) is 30.9 Å². The van der Waals surface area contributed by atoms with Gasteiger partial charge in [-0.1, -0.05) is 6.07 Å². The number of hydrogen-bond donors (Lipinski definition) is 0. The van der Waals surface area contributed by atoms with Crippen LogP contribution in [0, 0.1) is 12.7 Å². The molecule has 3 heterocycles. The minimum absolute atomic E-state index is 0.0000785. The number of aromatic nitrogens is 6. The van der Waals surface area contributed by atoms with Crippen LogP contribution in [0.4, 0.5) is 4.39 Å². The Labute approximate surface area is 185 Å². The third-order valence-electron chi connectivity index (χ3n) is 5.94. The average molecular weight is 433 g/mol. The summed E-state index contributed by atoms with van der Waals surface area (Å²) in [5.74, 6) is 0.667. The standard InChI is InChI=1S/C24H25FN6O/c1-14(2)32-24-27-11-19(15(3)29-24)20-12-26-22(31-13-28-30-23(20)31)10-8-18-17-6-4-5-16(17)7-9-21(18)25/h7,9,11-14H,4-6,8,10H2,1-3H3. The molecule has 4 aromatic rings. The normalized spacial score (nSPS) is 13.2. The number of aryl methyl sites for hydroxylation is 3. The highest BCUT2D eigenvalue weighted by atomic mass is 19.1. The van der Waals surface area contributed by atoms with E-state index in [4.69, 9.17) is 4.74 Å². The number of hydrogen-bond acceptors (Lipinski definition) is 6. The number of fused-ring (bicyclic) bond motifs is 2. The van der Waals surface area contributed by atoms with Crippen LogP contribution in [-0.2, 0) is 25.7 Å². The van der Waals surface area contributed by atoms with E-state index in [1.807, 2.05) is 31.2 Å². The van der Waals surface area contributed by atoms with E-state index in [2.05, 4.69) is 25.1 Å². The van der Waals surface area contributed by atoms with Gasteiger partial charge in [-0.05, 0) is 69.2 Å². The first-order chi connectivity index (χ1) is 15.5. The Morgan fingerprint density at radius 1 is 1.09 bits per heavy atom. The molecule has 0 N–H and O–H groups in total. The Kier molecular flexibility index (Phi) is 5.28. The first-order valence-electron chi connectivity index (χ1n) is 11.0. The lowest BCUT2D eigenvalue weighted by molar-refractivity contribution is 0.221. The molecule has 1 aliphatic rings. The van der Waals surface area contributed by atoms with Crippen molar-refractivity contribution in [2.75, 3.05) is 0 Å². The number of nitrogens with zero attached hydrogens (tertiary/aromatic N) is 6. The first-order valence-corrected chi connectivity index (χ1v) is 11.0. The molecule has 0 saturated heterocycles. The van der Waals surface area contributed by atoms with Crippen LogP contribution in [0.3, 0.4) is 0 Å². The molecule has 0 bridgehead atoms. The first kappa shape index (κ1) is 20.5. The lowest BCUT2D eigenvalue weighted by atomic mass is 9.98. The summed E-state index contributed by atoms with van der Waals surface area (Å²) in [4.78, 5) is 13.5. The van der Waals surface area contributed by atoms with E-state index < -0.39 is 0 Å². The summed E-state index contributed by atoms with van der Waals surface area (Å²) < 4.78 is 22.0. The van der Waals surface area contributed by atoms with Gasteiger partial charge in [-0.15, -0.1) is 10.2 Å². The molecule has 3 aromatic heterocycles. The van der Waals surface area contributed by atoms with E-state index in [1.165, 1.54) is 11.1 Å². The molecule has 8 heteroatoms. The molecule has 0 unspecified atom stereocenters. The summed E-state index contributed by atoms with van der Waals surface area (Å²) in [6.07, 6.45) is 9.43. The second-order valence-corrected chi connectivity index (χ2v) is 8.45. The van der Waals surface area contributed by atoms with E-state index in [0.717, 1.165) is 47.5 Å². The molecule has 164 valence electrons. The fourth-order valence-corrected chi connectivity index (χ4v) is 4.44. The van der Waals surface area contributed by atoms with Crippen LogP contribution >= 0.6 is 0 Å². The summed E-state index contributed by atoms with van der Waals surface area (Å²) in [5.41, 5.74) is 6.35. The van der Waals surface area contributed by atoms with Gasteiger partial charge >= 0.3 is 6.01 Å². The predicted molar refractivity (Wildman–Crippen MR) is 118 cm³/mol. The summed E-state index contributed by atoms with van der Waals surface area (Å²) in [6, 6.07) is 3.87. The molecule has 0 radical (unpaired) electrons. The van der Waals surface area contributed by atoms with Crippen molar-refractivity contribution in [1.29, 1.82) is 0 Å². The van der Waals surface area contributed by atoms with Crippen LogP contribution in [0.2, 0.25) is 0 Å². The largest absolute Gasteiger partial charge is 0.461 e. The Balaban J connectivity index is 1.46. The van der Waals surface area contributed by atoms with Gasteiger partial charge < -0.3 is 4.74 Å². The van der Waals surface area contributed by atoms with E-state index >= 15 is 0 Å². The van der Waals surface area contributed by atoms with Crippen molar-refractivity contribution in [2.24, 2.45) is 0 Å². The van der Waals surface area contributed by atoms with Crippen molar-refractivity contribution in [3.8, 4) is 17.1 Å². The maximum atomic E-state index is 14.6. The van der Waals surface area contributed by atoms with Crippen molar-refractivity contribution in [1.82, 2.24) is 29.5 Å². The van der Waals surface area contributed by atoms with Gasteiger partial charge in [0.15, 0.2) is 5.65 Å². The number of benzene rings is 1. The summed E-state index contributed by atoms with van der Waals surface area (Å²) >= 11 is 0. The Morgan fingerprint density at radius 2 is 1.94 bits per heavy atom. The molecular formula is C24H25FN6O. The lowest BCUT2D eigenvalue weighted by Gasteiger charge is -2.13. The molecule has 5 rings (SSSR count). The fourth-order valence-electron chi connectivity index (χ4n) is 4.44. The summed E-state index contributed by atoms with van der Waals surface area (Å²) in [5, 5.41) is 8.41. The zero-order valence-corrected chi connectivity index (χ0v) is 18.5. The average Bonchev–Trinajstić information content (AvgIpc) is 3.43. The quantitative estimate of drug-likeness (QED) is 0.457. The second-order valence-electron chi connectivity index (χ2n) is 8.45. The van der Waals surface area contributed by atoms with Crippen molar-refractivity contribution in [2.45, 2.75) is 59.0 Å². The zero-order valence-electron chi connectivity index (χ0n) is 18.5. The Morgan fingerprint density at radius 3 is 2.75 bits per heavy atom. The van der Waals surface area contributed by atoms with E-state index in [0.29, 0.717) is 24.5 Å². The third kappa shape index (κ3) is 3.70. The molecule has 1 aliphatic carbocycles. The molecule has 1 aromatic carbocycles. The van der Waals surface area contributed by atoms with Crippen LogP contribution in [0.1, 0.15) is 48.5 Å². The van der Waals surface area contributed by atoms with Crippen molar-refractivity contribution in [3.63, 3.8) is 0 Å². The molecular weight excluding hydrogens is 407 g/mol. The number of ether oxygens (including phenoxy) is 1. The highest BCUT2D eigenvalue weighted by molar-refractivity contribution is 5.77. The fraction of sp³-hybridized carbons (Fsp3) is 0.375. The van der Waals surface area contributed by atoms with E-state index in [9.17, 15) is 4.39 Å². The highest BCUT2D eigenvalue weighted by Crippen LogP contribution is 2.29. The van der Waals surface area contributed by atoms with Gasteiger partial charge in [0.1, 0.15) is 18.0 Å². The summed E-state index contributed by atoms with van der Waals surface area (Å²) in [6.45, 7) is 5.78. The Bertz CT molecular complexity index is 1300. The number of halogens is 1. The molecule has 32 heavy (non-hydrogen) atoms. The van der Waals surface area contributed by atoms with Gasteiger partial charge in [0.25, 0.3) is 0 Å². The zero-order chi connectivity index (χ0) is 22.2. The van der Waals surface area contributed by atoms with E-state index in [1.54, 1.807) is 24.8 Å². The highest BCUT2D eigenvalue weighted by Gasteiger charge is 2.19. The lowest BCUT2D eigenvalue weighted by Crippen LogP contribution is -2.09. The van der Waals surface area contributed by atoms with Gasteiger partial charge in [-0.3, -0.25) is 4.40 Å². The van der Waals surface area contributed by atoms with Crippen LogP contribution < -0.4 is 4.74 Å². The minimum Gasteiger partial charge on any atom is -0.461 e. The topological polar surface area (TPSA) is 78.1 Å². The van der Waals surface area contributed by atoms with Gasteiger partial charge in [-0.2, -0.15) is 4.98 Å². The van der Waals surface area contributed by atoms with Gasteiger partial charge in [0.2, 0.25) is 0 Å². The van der Waals surface area contributed by atoms with Crippen molar-refractivity contribution < 1.29 is 9.13 Å². The maximum absolute atomic E-state index is 14.6. The maximum Gasteiger partial charge on any atom is 0.316 e.